The number of halogens is 3. The maximum absolute atomic E-state index is 13.3. The molecule has 2 aromatic carbocycles. The maximum Gasteiger partial charge on any atom is 0.416 e. The number of fused-ring (bicyclic) bond motifs is 1. The van der Waals surface area contributed by atoms with Gasteiger partial charge < -0.3 is 9.64 Å². The zero-order valence-corrected chi connectivity index (χ0v) is 18.6. The molecule has 0 atom stereocenters. The number of rotatable bonds is 7. The van der Waals surface area contributed by atoms with Crippen LogP contribution in [-0.4, -0.2) is 50.1 Å². The highest BCUT2D eigenvalue weighted by atomic mass is 32.1. The number of hydrogen-bond donors (Lipinski definition) is 0. The molecule has 1 aromatic heterocycles. The Balaban J connectivity index is 1.99. The van der Waals surface area contributed by atoms with Crippen molar-refractivity contribution in [3.63, 3.8) is 0 Å². The average molecular weight is 452 g/mol. The maximum atomic E-state index is 13.3. The fourth-order valence-electron chi connectivity index (χ4n) is 3.17. The van der Waals surface area contributed by atoms with Crippen molar-refractivity contribution < 1.29 is 22.7 Å². The number of anilines is 1. The Hall–Kier alpha value is -2.65. The van der Waals surface area contributed by atoms with Gasteiger partial charge in [0.2, 0.25) is 0 Å². The SMILES string of the molecule is COc1ccc(C)c2sc(N(CCCN(C)C)C(=O)c3ccc(C(F)(F)F)cc3)nc12. The zero-order valence-electron chi connectivity index (χ0n) is 17.8. The van der Waals surface area contributed by atoms with Crippen LogP contribution < -0.4 is 9.64 Å². The van der Waals surface area contributed by atoms with Gasteiger partial charge >= 0.3 is 6.18 Å². The lowest BCUT2D eigenvalue weighted by atomic mass is 10.1. The van der Waals surface area contributed by atoms with Gasteiger partial charge in [0.25, 0.3) is 5.91 Å². The van der Waals surface area contributed by atoms with Crippen LogP contribution in [0.15, 0.2) is 36.4 Å². The Morgan fingerprint density at radius 1 is 1.10 bits per heavy atom. The molecule has 0 fully saturated rings. The molecule has 3 rings (SSSR count). The average Bonchev–Trinajstić information content (AvgIpc) is 3.16. The highest BCUT2D eigenvalue weighted by Gasteiger charge is 2.31. The minimum Gasteiger partial charge on any atom is -0.494 e. The predicted octanol–water partition coefficient (Wildman–Crippen LogP) is 5.23. The highest BCUT2D eigenvalue weighted by molar-refractivity contribution is 7.22. The van der Waals surface area contributed by atoms with Crippen molar-refractivity contribution in [1.82, 2.24) is 9.88 Å². The number of aromatic nitrogens is 1. The summed E-state index contributed by atoms with van der Waals surface area (Å²) >= 11 is 1.37. The standard InChI is InChI=1S/C22H24F3N3O2S/c1-14-6-11-17(30-4)18-19(14)31-21(26-18)28(13-5-12-27(2)3)20(29)15-7-9-16(10-8-15)22(23,24)25/h6-11H,5,12-13H2,1-4H3. The highest BCUT2D eigenvalue weighted by Crippen LogP contribution is 2.37. The molecule has 0 unspecified atom stereocenters. The van der Waals surface area contributed by atoms with Gasteiger partial charge in [-0.3, -0.25) is 9.69 Å². The van der Waals surface area contributed by atoms with E-state index in [9.17, 15) is 18.0 Å². The van der Waals surface area contributed by atoms with E-state index in [2.05, 4.69) is 4.98 Å². The van der Waals surface area contributed by atoms with Crippen LogP contribution in [0.4, 0.5) is 18.3 Å². The molecule has 1 heterocycles. The summed E-state index contributed by atoms with van der Waals surface area (Å²) < 4.78 is 45.0. The smallest absolute Gasteiger partial charge is 0.416 e. The minimum atomic E-state index is -4.45. The molecule has 3 aromatic rings. The van der Waals surface area contributed by atoms with Gasteiger partial charge in [0.15, 0.2) is 5.13 Å². The first-order valence-electron chi connectivity index (χ1n) is 9.70. The van der Waals surface area contributed by atoms with Gasteiger partial charge in [-0.2, -0.15) is 13.2 Å². The quantitative estimate of drug-likeness (QED) is 0.494. The minimum absolute atomic E-state index is 0.181. The number of carbonyl (C=O) groups excluding carboxylic acids is 1. The van der Waals surface area contributed by atoms with E-state index in [1.54, 1.807) is 7.11 Å². The summed E-state index contributed by atoms with van der Waals surface area (Å²) in [6.07, 6.45) is -3.76. The Morgan fingerprint density at radius 3 is 2.35 bits per heavy atom. The first-order chi connectivity index (χ1) is 14.6. The molecule has 0 saturated carbocycles. The van der Waals surface area contributed by atoms with E-state index in [4.69, 9.17) is 4.74 Å². The molecule has 0 radical (unpaired) electrons. The van der Waals surface area contributed by atoms with Gasteiger partial charge in [-0.1, -0.05) is 17.4 Å². The number of ether oxygens (including phenoxy) is 1. The molecule has 1 amide bonds. The van der Waals surface area contributed by atoms with Crippen LogP contribution in [0.25, 0.3) is 10.2 Å². The largest absolute Gasteiger partial charge is 0.494 e. The molecule has 0 bridgehead atoms. The van der Waals surface area contributed by atoms with E-state index in [1.807, 2.05) is 38.1 Å². The van der Waals surface area contributed by atoms with Crippen LogP contribution in [0.1, 0.15) is 27.9 Å². The predicted molar refractivity (Wildman–Crippen MR) is 117 cm³/mol. The number of thiazole rings is 1. The van der Waals surface area contributed by atoms with Crippen molar-refractivity contribution in [3.8, 4) is 5.75 Å². The fraction of sp³-hybridized carbons (Fsp3) is 0.364. The second-order valence-corrected chi connectivity index (χ2v) is 8.43. The first-order valence-corrected chi connectivity index (χ1v) is 10.5. The number of aryl methyl sites for hydroxylation is 1. The summed E-state index contributed by atoms with van der Waals surface area (Å²) in [6, 6.07) is 8.03. The van der Waals surface area contributed by atoms with Crippen molar-refractivity contribution in [1.29, 1.82) is 0 Å². The molecule has 0 aliphatic rings. The van der Waals surface area contributed by atoms with Gasteiger partial charge in [-0.05, 0) is 69.9 Å². The van der Waals surface area contributed by atoms with Crippen molar-refractivity contribution in [2.75, 3.05) is 39.2 Å². The zero-order chi connectivity index (χ0) is 22.8. The van der Waals surface area contributed by atoms with E-state index < -0.39 is 11.7 Å². The molecule has 166 valence electrons. The van der Waals surface area contributed by atoms with Gasteiger partial charge in [-0.15, -0.1) is 0 Å². The number of benzene rings is 2. The monoisotopic (exact) mass is 451 g/mol. The van der Waals surface area contributed by atoms with Crippen molar-refractivity contribution in [3.05, 3.63) is 53.1 Å². The summed E-state index contributed by atoms with van der Waals surface area (Å²) in [4.78, 5) is 21.5. The Kier molecular flexibility index (Phi) is 6.86. The third kappa shape index (κ3) is 5.16. The van der Waals surface area contributed by atoms with Gasteiger partial charge in [-0.25, -0.2) is 4.98 Å². The number of amides is 1. The molecule has 0 aliphatic heterocycles. The van der Waals surface area contributed by atoms with E-state index in [0.717, 1.165) is 28.9 Å². The number of methoxy groups -OCH3 is 1. The van der Waals surface area contributed by atoms with E-state index >= 15 is 0 Å². The molecule has 0 aliphatic carbocycles. The molecule has 9 heteroatoms. The third-order valence-corrected chi connectivity index (χ3v) is 6.05. The number of carbonyl (C=O) groups is 1. The van der Waals surface area contributed by atoms with Crippen LogP contribution in [0.3, 0.4) is 0 Å². The summed E-state index contributed by atoms with van der Waals surface area (Å²) in [5.74, 6) is 0.224. The summed E-state index contributed by atoms with van der Waals surface area (Å²) in [5, 5.41) is 0.492. The van der Waals surface area contributed by atoms with Gasteiger partial charge in [0.05, 0.1) is 17.4 Å². The van der Waals surface area contributed by atoms with E-state index in [0.29, 0.717) is 29.4 Å². The topological polar surface area (TPSA) is 45.7 Å². The van der Waals surface area contributed by atoms with Gasteiger partial charge in [0.1, 0.15) is 11.3 Å². The van der Waals surface area contributed by atoms with Gasteiger partial charge in [0, 0.05) is 12.1 Å². The normalized spacial score (nSPS) is 11.9. The Morgan fingerprint density at radius 2 is 1.77 bits per heavy atom. The van der Waals surface area contributed by atoms with E-state index in [-0.39, 0.29) is 11.5 Å². The molecule has 0 N–H and O–H groups in total. The van der Waals surface area contributed by atoms with Crippen molar-refractivity contribution >= 4 is 32.6 Å². The third-order valence-electron chi connectivity index (χ3n) is 4.83. The second-order valence-electron chi connectivity index (χ2n) is 7.45. The van der Waals surface area contributed by atoms with Crippen LogP contribution in [-0.2, 0) is 6.18 Å². The number of alkyl halides is 3. The molecular weight excluding hydrogens is 427 g/mol. The Bertz CT molecular complexity index is 1060. The molecular formula is C22H24F3N3O2S. The molecule has 31 heavy (non-hydrogen) atoms. The van der Waals surface area contributed by atoms with E-state index in [1.165, 1.54) is 28.4 Å². The van der Waals surface area contributed by atoms with Crippen LogP contribution >= 0.6 is 11.3 Å². The lowest BCUT2D eigenvalue weighted by Crippen LogP contribution is -2.33. The van der Waals surface area contributed by atoms with Crippen molar-refractivity contribution in [2.24, 2.45) is 0 Å². The lowest BCUT2D eigenvalue weighted by molar-refractivity contribution is -0.137. The first kappa shape index (κ1) is 23.0. The number of nitrogens with zero attached hydrogens (tertiary/aromatic N) is 3. The van der Waals surface area contributed by atoms with Crippen LogP contribution in [0.5, 0.6) is 5.75 Å². The molecule has 0 saturated heterocycles. The Labute approximate surface area is 183 Å². The number of hydrogen-bond acceptors (Lipinski definition) is 5. The van der Waals surface area contributed by atoms with Crippen LogP contribution in [0, 0.1) is 6.92 Å². The summed E-state index contributed by atoms with van der Waals surface area (Å²) in [7, 11) is 5.44. The van der Waals surface area contributed by atoms with Crippen LogP contribution in [0.2, 0.25) is 0 Å². The lowest BCUT2D eigenvalue weighted by Gasteiger charge is -2.21. The molecule has 0 spiro atoms. The summed E-state index contributed by atoms with van der Waals surface area (Å²) in [6.45, 7) is 3.10. The van der Waals surface area contributed by atoms with Crippen molar-refractivity contribution in [2.45, 2.75) is 19.5 Å². The second kappa shape index (κ2) is 9.23. The summed E-state index contributed by atoms with van der Waals surface area (Å²) in [5.41, 5.74) is 1.07. The molecule has 5 nitrogen and oxygen atoms in total. The fourth-order valence-corrected chi connectivity index (χ4v) is 4.24.